The summed E-state index contributed by atoms with van der Waals surface area (Å²) in [7, 11) is 0. The largest absolute Gasteiger partial charge is 0.464 e. The van der Waals surface area contributed by atoms with Crippen LogP contribution in [-0.4, -0.2) is 84.0 Å². The number of H-pyrrole nitrogens is 1. The third-order valence-corrected chi connectivity index (χ3v) is 6.64. The standard InChI is InChI=1S/C28H38N8O7/c1-3-8-18(35-26(40)21-22(43-21)27(41)42-4-2)24(38)34-19(11-7-12-32-28(30)31)25(39)36-20(23(29)37)13-15-14-33-17-10-6-5-9-16(15)17/h3,5-6,9-10,14,18-22,33H,1,4,7-8,11-13H2,2H3,(H2,29,37)(H,34,38)(H,35,40)(H,36,39)(H4,30,31,32). The first kappa shape index (κ1) is 32.6. The minimum atomic E-state index is -1.14. The molecule has 0 saturated carbocycles. The summed E-state index contributed by atoms with van der Waals surface area (Å²) >= 11 is 0. The van der Waals surface area contributed by atoms with E-state index in [0.29, 0.717) is 6.42 Å². The minimum absolute atomic E-state index is 0.0151. The van der Waals surface area contributed by atoms with Gasteiger partial charge in [-0.3, -0.25) is 24.2 Å². The number of nitrogens with two attached hydrogens (primary N) is 3. The number of guanidine groups is 1. The fourth-order valence-electron chi connectivity index (χ4n) is 4.43. The molecule has 1 aliphatic heterocycles. The number of nitrogens with one attached hydrogen (secondary N) is 4. The Morgan fingerprint density at radius 1 is 1.05 bits per heavy atom. The molecular weight excluding hydrogens is 560 g/mol. The highest BCUT2D eigenvalue weighted by atomic mass is 16.6. The summed E-state index contributed by atoms with van der Waals surface area (Å²) in [5.74, 6) is -3.63. The molecule has 232 valence electrons. The van der Waals surface area contributed by atoms with E-state index in [2.05, 4.69) is 32.5 Å². The van der Waals surface area contributed by atoms with Gasteiger partial charge >= 0.3 is 5.97 Å². The van der Waals surface area contributed by atoms with Gasteiger partial charge in [0.1, 0.15) is 18.1 Å². The molecule has 2 heterocycles. The Labute approximate surface area is 248 Å². The first-order chi connectivity index (χ1) is 20.5. The molecule has 1 aromatic heterocycles. The maximum absolute atomic E-state index is 13.4. The summed E-state index contributed by atoms with van der Waals surface area (Å²) < 4.78 is 9.95. The van der Waals surface area contributed by atoms with E-state index in [0.717, 1.165) is 16.5 Å². The van der Waals surface area contributed by atoms with Crippen LogP contribution in [0.25, 0.3) is 10.9 Å². The topological polar surface area (TPSA) is 249 Å². The van der Waals surface area contributed by atoms with Crippen molar-refractivity contribution in [1.29, 1.82) is 0 Å². The van der Waals surface area contributed by atoms with E-state index in [1.54, 1.807) is 13.1 Å². The number of hydrogen-bond donors (Lipinski definition) is 7. The van der Waals surface area contributed by atoms with E-state index in [9.17, 15) is 24.0 Å². The van der Waals surface area contributed by atoms with Crippen molar-refractivity contribution < 1.29 is 33.4 Å². The number of fused-ring (bicyclic) bond motifs is 1. The molecule has 1 fully saturated rings. The lowest BCUT2D eigenvalue weighted by Gasteiger charge is -2.24. The number of benzene rings is 1. The number of esters is 1. The number of carbonyl (C=O) groups excluding carboxylic acids is 5. The number of para-hydroxylation sites is 1. The smallest absolute Gasteiger partial charge is 0.338 e. The lowest BCUT2D eigenvalue weighted by Crippen LogP contribution is -2.57. The van der Waals surface area contributed by atoms with Gasteiger partial charge < -0.3 is 47.6 Å². The summed E-state index contributed by atoms with van der Waals surface area (Å²) in [6, 6.07) is 4.12. The normalized spacial score (nSPS) is 17.5. The first-order valence-corrected chi connectivity index (χ1v) is 13.8. The molecule has 1 aromatic carbocycles. The Bertz CT molecular complexity index is 1370. The zero-order valence-corrected chi connectivity index (χ0v) is 23.8. The number of aromatic amines is 1. The summed E-state index contributed by atoms with van der Waals surface area (Å²) in [5, 5.41) is 8.66. The van der Waals surface area contributed by atoms with Crippen LogP contribution in [0.3, 0.4) is 0 Å². The van der Waals surface area contributed by atoms with Crippen molar-refractivity contribution in [3.05, 3.63) is 48.7 Å². The van der Waals surface area contributed by atoms with Crippen molar-refractivity contribution in [3.8, 4) is 0 Å². The molecule has 0 aliphatic carbocycles. The zero-order valence-electron chi connectivity index (χ0n) is 23.8. The third-order valence-electron chi connectivity index (χ3n) is 6.64. The van der Waals surface area contributed by atoms with Crippen LogP contribution in [0.1, 0.15) is 31.7 Å². The summed E-state index contributed by atoms with van der Waals surface area (Å²) in [6.45, 7) is 5.54. The monoisotopic (exact) mass is 598 g/mol. The van der Waals surface area contributed by atoms with Crippen LogP contribution in [0.15, 0.2) is 48.1 Å². The van der Waals surface area contributed by atoms with Gasteiger partial charge in [-0.05, 0) is 37.8 Å². The molecule has 15 nitrogen and oxygen atoms in total. The number of nitrogens with zero attached hydrogens (tertiary/aromatic N) is 1. The molecule has 0 spiro atoms. The summed E-state index contributed by atoms with van der Waals surface area (Å²) in [6.07, 6.45) is 1.52. The lowest BCUT2D eigenvalue weighted by molar-refractivity contribution is -0.144. The van der Waals surface area contributed by atoms with E-state index < -0.39 is 59.9 Å². The molecule has 5 atom stereocenters. The maximum atomic E-state index is 13.4. The van der Waals surface area contributed by atoms with E-state index in [1.807, 2.05) is 24.3 Å². The number of aliphatic imine (C=N–C) groups is 1. The number of carbonyl (C=O) groups is 5. The number of ether oxygens (including phenoxy) is 2. The van der Waals surface area contributed by atoms with Crippen molar-refractivity contribution in [3.63, 3.8) is 0 Å². The Hall–Kier alpha value is -4.92. The van der Waals surface area contributed by atoms with Crippen LogP contribution in [0.2, 0.25) is 0 Å². The highest BCUT2D eigenvalue weighted by molar-refractivity contribution is 5.97. The van der Waals surface area contributed by atoms with Crippen molar-refractivity contribution in [2.45, 2.75) is 62.9 Å². The van der Waals surface area contributed by atoms with E-state index in [1.165, 1.54) is 6.08 Å². The van der Waals surface area contributed by atoms with Crippen molar-refractivity contribution >= 4 is 46.5 Å². The highest BCUT2D eigenvalue weighted by Crippen LogP contribution is 2.24. The fraction of sp³-hybridized carbons (Fsp3) is 0.429. The molecule has 5 unspecified atom stereocenters. The number of rotatable bonds is 17. The van der Waals surface area contributed by atoms with Crippen LogP contribution in [0, 0.1) is 0 Å². The Morgan fingerprint density at radius 3 is 2.42 bits per heavy atom. The third kappa shape index (κ3) is 9.29. The molecule has 3 rings (SSSR count). The highest BCUT2D eigenvalue weighted by Gasteiger charge is 2.52. The van der Waals surface area contributed by atoms with Gasteiger partial charge in [-0.2, -0.15) is 0 Å². The zero-order chi connectivity index (χ0) is 31.5. The molecule has 4 amide bonds. The Balaban J connectivity index is 1.71. The van der Waals surface area contributed by atoms with Crippen LogP contribution < -0.4 is 33.2 Å². The number of hydrogen-bond acceptors (Lipinski definition) is 8. The predicted molar refractivity (Wildman–Crippen MR) is 157 cm³/mol. The molecule has 10 N–H and O–H groups in total. The lowest BCUT2D eigenvalue weighted by atomic mass is 10.0. The van der Waals surface area contributed by atoms with Gasteiger partial charge in [0, 0.05) is 30.1 Å². The molecule has 2 aromatic rings. The van der Waals surface area contributed by atoms with Gasteiger partial charge in [-0.1, -0.05) is 24.3 Å². The molecule has 0 bridgehead atoms. The SMILES string of the molecule is C=CCC(NC(=O)C1OC1C(=O)OCC)C(=O)NC(CCCN=C(N)N)C(=O)NC(Cc1c[nH]c2ccccc12)C(N)=O. The van der Waals surface area contributed by atoms with Crippen LogP contribution in [0.4, 0.5) is 0 Å². The summed E-state index contributed by atoms with van der Waals surface area (Å²) in [5.41, 5.74) is 18.0. The van der Waals surface area contributed by atoms with E-state index >= 15 is 0 Å². The number of epoxide rings is 1. The van der Waals surface area contributed by atoms with E-state index in [4.69, 9.17) is 26.7 Å². The number of aromatic nitrogens is 1. The van der Waals surface area contributed by atoms with Crippen LogP contribution in [0.5, 0.6) is 0 Å². The second-order valence-corrected chi connectivity index (χ2v) is 9.85. The predicted octanol–water partition coefficient (Wildman–Crippen LogP) is -1.39. The van der Waals surface area contributed by atoms with Gasteiger partial charge in [0.05, 0.1) is 6.61 Å². The van der Waals surface area contributed by atoms with Crippen molar-refractivity contribution in [2.75, 3.05) is 13.2 Å². The number of amides is 4. The maximum Gasteiger partial charge on any atom is 0.338 e. The second kappa shape index (κ2) is 15.3. The first-order valence-electron chi connectivity index (χ1n) is 13.8. The fourth-order valence-corrected chi connectivity index (χ4v) is 4.43. The molecular formula is C28H38N8O7. The molecule has 15 heteroatoms. The average Bonchev–Trinajstić information content (AvgIpc) is 3.68. The number of primary amides is 1. The average molecular weight is 599 g/mol. The minimum Gasteiger partial charge on any atom is -0.464 e. The van der Waals surface area contributed by atoms with Crippen LogP contribution in [-0.2, 0) is 39.9 Å². The van der Waals surface area contributed by atoms with Crippen LogP contribution >= 0.6 is 0 Å². The molecule has 0 radical (unpaired) electrons. The van der Waals surface area contributed by atoms with Crippen molar-refractivity contribution in [1.82, 2.24) is 20.9 Å². The van der Waals surface area contributed by atoms with Gasteiger partial charge in [0.15, 0.2) is 18.2 Å². The Kier molecular flexibility index (Phi) is 11.6. The summed E-state index contributed by atoms with van der Waals surface area (Å²) in [4.78, 5) is 70.5. The van der Waals surface area contributed by atoms with E-state index in [-0.39, 0.29) is 38.4 Å². The van der Waals surface area contributed by atoms with Gasteiger partial charge in [0.2, 0.25) is 17.7 Å². The Morgan fingerprint density at radius 2 is 1.74 bits per heavy atom. The van der Waals surface area contributed by atoms with Gasteiger partial charge in [0.25, 0.3) is 5.91 Å². The van der Waals surface area contributed by atoms with Gasteiger partial charge in [-0.15, -0.1) is 6.58 Å². The molecule has 1 saturated heterocycles. The quantitative estimate of drug-likeness (QED) is 0.0282. The second-order valence-electron chi connectivity index (χ2n) is 9.85. The molecule has 43 heavy (non-hydrogen) atoms. The molecule has 1 aliphatic rings. The van der Waals surface area contributed by atoms with Gasteiger partial charge in [-0.25, -0.2) is 4.79 Å². The van der Waals surface area contributed by atoms with Crippen molar-refractivity contribution in [2.24, 2.45) is 22.2 Å².